The zero-order valence-electron chi connectivity index (χ0n) is 11.1. The van der Waals surface area contributed by atoms with Gasteiger partial charge in [-0.15, -0.1) is 0 Å². The zero-order valence-corrected chi connectivity index (χ0v) is 11.9. The maximum Gasteiger partial charge on any atom is 0.234 e. The Morgan fingerprint density at radius 3 is 2.29 bits per heavy atom. The summed E-state index contributed by atoms with van der Waals surface area (Å²) in [5.41, 5.74) is 0. The minimum Gasteiger partial charge on any atom is -0.352 e. The van der Waals surface area contributed by atoms with Crippen LogP contribution in [0.1, 0.15) is 27.7 Å². The first kappa shape index (κ1) is 16.4. The van der Waals surface area contributed by atoms with Crippen molar-refractivity contribution in [1.29, 1.82) is 0 Å². The van der Waals surface area contributed by atoms with Crippen LogP contribution in [0.15, 0.2) is 0 Å². The molecule has 0 saturated carbocycles. The molecule has 0 aromatic heterocycles. The molecule has 6 heteroatoms. The first-order valence-electron chi connectivity index (χ1n) is 5.99. The van der Waals surface area contributed by atoms with Gasteiger partial charge in [-0.2, -0.15) is 0 Å². The molecule has 17 heavy (non-hydrogen) atoms. The third kappa shape index (κ3) is 8.15. The topological polar surface area (TPSA) is 75.3 Å². The molecule has 0 bridgehead atoms. The molecule has 1 amide bonds. The molecule has 0 aromatic carbocycles. The molecule has 2 N–H and O–H groups in total. The Balaban J connectivity index is 3.73. The quantitative estimate of drug-likeness (QED) is 0.613. The summed E-state index contributed by atoms with van der Waals surface area (Å²) in [4.78, 5) is 11.4. The number of carbonyl (C=O) groups excluding carboxylic acids is 1. The van der Waals surface area contributed by atoms with E-state index in [-0.39, 0.29) is 30.0 Å². The lowest BCUT2D eigenvalue weighted by atomic mass is 10.1. The largest absolute Gasteiger partial charge is 0.352 e. The minimum absolute atomic E-state index is 0.0799. The molecule has 0 fully saturated rings. The maximum absolute atomic E-state index is 11.4. The van der Waals surface area contributed by atoms with Crippen LogP contribution in [0.2, 0.25) is 0 Å². The molecule has 0 radical (unpaired) electrons. The fourth-order valence-corrected chi connectivity index (χ4v) is 1.79. The molecular formula is C11H24N2O3S. The molecular weight excluding hydrogens is 240 g/mol. The number of hydrogen-bond donors (Lipinski definition) is 2. The predicted molar refractivity (Wildman–Crippen MR) is 69.6 cm³/mol. The summed E-state index contributed by atoms with van der Waals surface area (Å²) in [6.07, 6.45) is 0. The van der Waals surface area contributed by atoms with E-state index in [0.717, 1.165) is 0 Å². The van der Waals surface area contributed by atoms with Crippen molar-refractivity contribution in [2.75, 3.05) is 24.6 Å². The Bertz CT molecular complexity index is 326. The summed E-state index contributed by atoms with van der Waals surface area (Å²) in [7, 11) is -2.95. The van der Waals surface area contributed by atoms with Gasteiger partial charge in [0.05, 0.1) is 12.3 Å². The third-order valence-corrected chi connectivity index (χ3v) is 4.41. The minimum atomic E-state index is -2.95. The van der Waals surface area contributed by atoms with E-state index in [1.54, 1.807) is 6.92 Å². The van der Waals surface area contributed by atoms with Crippen LogP contribution >= 0.6 is 0 Å². The highest BCUT2D eigenvalue weighted by Gasteiger charge is 2.11. The molecule has 0 rings (SSSR count). The van der Waals surface area contributed by atoms with E-state index in [1.165, 1.54) is 0 Å². The summed E-state index contributed by atoms with van der Waals surface area (Å²) >= 11 is 0. The Morgan fingerprint density at radius 2 is 1.82 bits per heavy atom. The van der Waals surface area contributed by atoms with Gasteiger partial charge < -0.3 is 10.6 Å². The average Bonchev–Trinajstić information content (AvgIpc) is 2.24. The number of amides is 1. The van der Waals surface area contributed by atoms with Gasteiger partial charge in [0.25, 0.3) is 0 Å². The van der Waals surface area contributed by atoms with E-state index >= 15 is 0 Å². The Hall–Kier alpha value is -0.620. The van der Waals surface area contributed by atoms with Crippen molar-refractivity contribution in [3.8, 4) is 0 Å². The highest BCUT2D eigenvalue weighted by atomic mass is 32.2. The van der Waals surface area contributed by atoms with Crippen LogP contribution in [0.4, 0.5) is 0 Å². The van der Waals surface area contributed by atoms with Crippen molar-refractivity contribution >= 4 is 15.7 Å². The van der Waals surface area contributed by atoms with Crippen molar-refractivity contribution in [2.24, 2.45) is 5.92 Å². The second-order valence-corrected chi connectivity index (χ2v) is 6.99. The van der Waals surface area contributed by atoms with Crippen molar-refractivity contribution in [3.63, 3.8) is 0 Å². The van der Waals surface area contributed by atoms with Crippen LogP contribution in [-0.2, 0) is 14.6 Å². The van der Waals surface area contributed by atoms with E-state index in [1.807, 2.05) is 20.8 Å². The lowest BCUT2D eigenvalue weighted by Gasteiger charge is -2.17. The van der Waals surface area contributed by atoms with Gasteiger partial charge in [-0.25, -0.2) is 8.42 Å². The van der Waals surface area contributed by atoms with Gasteiger partial charge in [0.1, 0.15) is 0 Å². The summed E-state index contributed by atoms with van der Waals surface area (Å²) < 4.78 is 22.3. The lowest BCUT2D eigenvalue weighted by Crippen LogP contribution is -2.42. The van der Waals surface area contributed by atoms with Gasteiger partial charge in [-0.05, 0) is 12.8 Å². The number of sulfone groups is 1. The monoisotopic (exact) mass is 264 g/mol. The van der Waals surface area contributed by atoms with E-state index < -0.39 is 9.84 Å². The number of rotatable bonds is 8. The third-order valence-electron chi connectivity index (χ3n) is 2.70. The highest BCUT2D eigenvalue weighted by molar-refractivity contribution is 7.91. The van der Waals surface area contributed by atoms with E-state index in [0.29, 0.717) is 12.5 Å². The van der Waals surface area contributed by atoms with Crippen LogP contribution in [0.3, 0.4) is 0 Å². The Morgan fingerprint density at radius 1 is 1.24 bits per heavy atom. The molecule has 0 saturated heterocycles. The predicted octanol–water partition coefficient (Wildman–Crippen LogP) is 0.171. The molecule has 0 aromatic rings. The van der Waals surface area contributed by atoms with Crippen LogP contribution in [-0.4, -0.2) is 45.0 Å². The SMILES string of the molecule is CCS(=O)(=O)CCNCC(=O)NC(C)C(C)C. The van der Waals surface area contributed by atoms with Crippen LogP contribution < -0.4 is 10.6 Å². The number of nitrogens with one attached hydrogen (secondary N) is 2. The molecule has 102 valence electrons. The van der Waals surface area contributed by atoms with Gasteiger partial charge in [0.15, 0.2) is 9.84 Å². The fraction of sp³-hybridized carbons (Fsp3) is 0.909. The summed E-state index contributed by atoms with van der Waals surface area (Å²) in [5.74, 6) is 0.515. The molecule has 0 aliphatic rings. The lowest BCUT2D eigenvalue weighted by molar-refractivity contribution is -0.121. The first-order valence-corrected chi connectivity index (χ1v) is 7.81. The van der Waals surface area contributed by atoms with Crippen molar-refractivity contribution in [1.82, 2.24) is 10.6 Å². The van der Waals surface area contributed by atoms with Crippen molar-refractivity contribution < 1.29 is 13.2 Å². The molecule has 0 spiro atoms. The normalized spacial score (nSPS) is 13.7. The molecule has 0 heterocycles. The van der Waals surface area contributed by atoms with Crippen molar-refractivity contribution in [3.05, 3.63) is 0 Å². The van der Waals surface area contributed by atoms with E-state index in [4.69, 9.17) is 0 Å². The summed E-state index contributed by atoms with van der Waals surface area (Å²) in [6, 6.07) is 0.128. The summed E-state index contributed by atoms with van der Waals surface area (Å²) in [5, 5.41) is 5.67. The van der Waals surface area contributed by atoms with Crippen LogP contribution in [0, 0.1) is 5.92 Å². The molecule has 5 nitrogen and oxygen atoms in total. The standard InChI is InChI=1S/C11H24N2O3S/c1-5-17(15,16)7-6-12-8-11(14)13-10(4)9(2)3/h9-10,12H,5-8H2,1-4H3,(H,13,14). The highest BCUT2D eigenvalue weighted by Crippen LogP contribution is 1.98. The Labute approximate surface area is 104 Å². The molecule has 1 unspecified atom stereocenters. The van der Waals surface area contributed by atoms with Gasteiger partial charge in [0, 0.05) is 18.3 Å². The number of hydrogen-bond acceptors (Lipinski definition) is 4. The molecule has 0 aliphatic carbocycles. The van der Waals surface area contributed by atoms with E-state index in [2.05, 4.69) is 10.6 Å². The van der Waals surface area contributed by atoms with E-state index in [9.17, 15) is 13.2 Å². The van der Waals surface area contributed by atoms with Gasteiger partial charge >= 0.3 is 0 Å². The second kappa shape index (κ2) is 7.66. The van der Waals surface area contributed by atoms with Gasteiger partial charge in [-0.3, -0.25) is 4.79 Å². The smallest absolute Gasteiger partial charge is 0.234 e. The molecule has 1 atom stereocenters. The zero-order chi connectivity index (χ0) is 13.5. The van der Waals surface area contributed by atoms with Gasteiger partial charge in [-0.1, -0.05) is 20.8 Å². The number of carbonyl (C=O) groups is 1. The van der Waals surface area contributed by atoms with Crippen LogP contribution in [0.5, 0.6) is 0 Å². The fourth-order valence-electron chi connectivity index (χ4n) is 1.05. The van der Waals surface area contributed by atoms with Crippen molar-refractivity contribution in [2.45, 2.75) is 33.7 Å². The summed E-state index contributed by atoms with van der Waals surface area (Å²) in [6.45, 7) is 8.12. The van der Waals surface area contributed by atoms with Crippen LogP contribution in [0.25, 0.3) is 0 Å². The maximum atomic E-state index is 11.4. The molecule has 0 aliphatic heterocycles. The average molecular weight is 264 g/mol. The second-order valence-electron chi connectivity index (χ2n) is 4.51. The first-order chi connectivity index (χ1) is 7.78. The Kier molecular flexibility index (Phi) is 7.38. The van der Waals surface area contributed by atoms with Gasteiger partial charge in [0.2, 0.25) is 5.91 Å².